The predicted molar refractivity (Wildman–Crippen MR) is 128 cm³/mol. The van der Waals surface area contributed by atoms with Crippen LogP contribution >= 0.6 is 0 Å². The number of carbonyl (C=O) groups excluding carboxylic acids is 1. The maximum absolute atomic E-state index is 13.1. The minimum absolute atomic E-state index is 0.128. The summed E-state index contributed by atoms with van der Waals surface area (Å²) in [6.45, 7) is 0.789. The number of methoxy groups -OCH3 is 2. The summed E-state index contributed by atoms with van der Waals surface area (Å²) < 4.78 is 10.7. The van der Waals surface area contributed by atoms with Gasteiger partial charge in [0.15, 0.2) is 11.5 Å². The normalized spacial score (nSPS) is 16.1. The van der Waals surface area contributed by atoms with Crippen LogP contribution in [0.3, 0.4) is 0 Å². The molecule has 4 rings (SSSR count). The molecule has 1 atom stereocenters. The fraction of sp³-hybridized carbons (Fsp3) is 0.423. The number of fused-ring (bicyclic) bond motifs is 1. The number of para-hydroxylation sites is 1. The number of rotatable bonds is 8. The number of ether oxygens (including phenoxy) is 2. The van der Waals surface area contributed by atoms with Crippen molar-refractivity contribution in [1.29, 1.82) is 0 Å². The molecule has 1 fully saturated rings. The highest BCUT2D eigenvalue weighted by Crippen LogP contribution is 2.29. The number of piperidine rings is 1. The fourth-order valence-corrected chi connectivity index (χ4v) is 4.62. The second kappa shape index (κ2) is 10.5. The standard InChI is InChI=1S/C26H31N3O4/c1-32-22-13-11-18(17-23(22)33-2)10-12-19-7-5-6-16-29(19)25(30)15-14-24-27-21-9-4-3-8-20(21)26(31)28-24/h3-4,8-9,11,13,17,19H,5-7,10,12,14-16H2,1-2H3,(H,27,28,31). The molecule has 1 N–H and O–H groups in total. The van der Waals surface area contributed by atoms with Crippen molar-refractivity contribution in [1.82, 2.24) is 14.9 Å². The molecule has 0 saturated carbocycles. The van der Waals surface area contributed by atoms with Crippen LogP contribution in [-0.4, -0.2) is 47.6 Å². The third kappa shape index (κ3) is 5.35. The zero-order valence-electron chi connectivity index (χ0n) is 19.3. The third-order valence-electron chi connectivity index (χ3n) is 6.40. The van der Waals surface area contributed by atoms with Gasteiger partial charge in [0.1, 0.15) is 5.82 Å². The van der Waals surface area contributed by atoms with Gasteiger partial charge in [0.25, 0.3) is 5.56 Å². The first-order chi connectivity index (χ1) is 16.1. The first-order valence-electron chi connectivity index (χ1n) is 11.6. The highest BCUT2D eigenvalue weighted by molar-refractivity contribution is 5.78. The summed E-state index contributed by atoms with van der Waals surface area (Å²) in [6.07, 6.45) is 5.74. The molecule has 1 saturated heterocycles. The molecule has 1 aliphatic heterocycles. The van der Waals surface area contributed by atoms with Crippen LogP contribution in [0.1, 0.15) is 43.5 Å². The Morgan fingerprint density at radius 2 is 1.91 bits per heavy atom. The molecule has 1 aromatic heterocycles. The van der Waals surface area contributed by atoms with Crippen LogP contribution in [0.25, 0.3) is 10.9 Å². The number of aromatic nitrogens is 2. The van der Waals surface area contributed by atoms with E-state index >= 15 is 0 Å². The topological polar surface area (TPSA) is 84.5 Å². The Balaban J connectivity index is 1.38. The van der Waals surface area contributed by atoms with Crippen molar-refractivity contribution in [2.75, 3.05) is 20.8 Å². The Kier molecular flexibility index (Phi) is 7.27. The van der Waals surface area contributed by atoms with Crippen LogP contribution in [0.15, 0.2) is 47.3 Å². The molecule has 1 amide bonds. The number of aromatic amines is 1. The lowest BCUT2D eigenvalue weighted by Crippen LogP contribution is -2.44. The number of nitrogens with zero attached hydrogens (tertiary/aromatic N) is 2. The largest absolute Gasteiger partial charge is 0.493 e. The Morgan fingerprint density at radius 3 is 2.73 bits per heavy atom. The first kappa shape index (κ1) is 22.8. The van der Waals surface area contributed by atoms with E-state index in [1.54, 1.807) is 20.3 Å². The molecule has 2 aromatic carbocycles. The van der Waals surface area contributed by atoms with Crippen molar-refractivity contribution in [3.05, 3.63) is 64.2 Å². The van der Waals surface area contributed by atoms with Gasteiger partial charge in [0, 0.05) is 25.4 Å². The van der Waals surface area contributed by atoms with Crippen molar-refractivity contribution in [3.8, 4) is 11.5 Å². The zero-order valence-corrected chi connectivity index (χ0v) is 19.3. The smallest absolute Gasteiger partial charge is 0.258 e. The number of amides is 1. The van der Waals surface area contributed by atoms with Gasteiger partial charge in [0.2, 0.25) is 5.91 Å². The lowest BCUT2D eigenvalue weighted by Gasteiger charge is -2.36. The molecule has 33 heavy (non-hydrogen) atoms. The van der Waals surface area contributed by atoms with Crippen LogP contribution in [0.2, 0.25) is 0 Å². The molecule has 7 heteroatoms. The Hall–Kier alpha value is -3.35. The Bertz CT molecular complexity index is 1170. The molecule has 7 nitrogen and oxygen atoms in total. The van der Waals surface area contributed by atoms with E-state index in [2.05, 4.69) is 16.0 Å². The van der Waals surface area contributed by atoms with Gasteiger partial charge in [-0.1, -0.05) is 18.2 Å². The SMILES string of the molecule is COc1ccc(CCC2CCCCN2C(=O)CCc2nc3ccccc3c(=O)[nH]2)cc1OC. The van der Waals surface area contributed by atoms with E-state index in [4.69, 9.17) is 9.47 Å². The Morgan fingerprint density at radius 1 is 1.09 bits per heavy atom. The summed E-state index contributed by atoms with van der Waals surface area (Å²) in [6, 6.07) is 13.5. The number of hydrogen-bond acceptors (Lipinski definition) is 5. The molecular weight excluding hydrogens is 418 g/mol. The second-order valence-corrected chi connectivity index (χ2v) is 8.49. The Labute approximate surface area is 193 Å². The van der Waals surface area contributed by atoms with E-state index in [1.807, 2.05) is 35.2 Å². The highest BCUT2D eigenvalue weighted by atomic mass is 16.5. The molecule has 0 bridgehead atoms. The molecule has 174 valence electrons. The van der Waals surface area contributed by atoms with E-state index in [1.165, 1.54) is 5.56 Å². The van der Waals surface area contributed by atoms with E-state index in [-0.39, 0.29) is 17.5 Å². The van der Waals surface area contributed by atoms with Gasteiger partial charge in [-0.3, -0.25) is 9.59 Å². The molecule has 1 aliphatic rings. The van der Waals surface area contributed by atoms with Crippen LogP contribution in [0.4, 0.5) is 0 Å². The maximum Gasteiger partial charge on any atom is 0.258 e. The van der Waals surface area contributed by atoms with Crippen molar-refractivity contribution in [3.63, 3.8) is 0 Å². The van der Waals surface area contributed by atoms with Gasteiger partial charge in [0.05, 0.1) is 25.1 Å². The summed E-state index contributed by atoms with van der Waals surface area (Å²) in [5.41, 5.74) is 1.67. The van der Waals surface area contributed by atoms with Crippen LogP contribution in [-0.2, 0) is 17.6 Å². The molecule has 0 spiro atoms. The van der Waals surface area contributed by atoms with Gasteiger partial charge >= 0.3 is 0 Å². The summed E-state index contributed by atoms with van der Waals surface area (Å²) >= 11 is 0. The molecule has 0 radical (unpaired) electrons. The quantitative estimate of drug-likeness (QED) is 0.564. The number of likely N-dealkylation sites (tertiary alicyclic amines) is 1. The van der Waals surface area contributed by atoms with E-state index in [0.717, 1.165) is 50.1 Å². The van der Waals surface area contributed by atoms with E-state index in [9.17, 15) is 9.59 Å². The van der Waals surface area contributed by atoms with Crippen LogP contribution in [0.5, 0.6) is 11.5 Å². The van der Waals surface area contributed by atoms with E-state index < -0.39 is 0 Å². The lowest BCUT2D eigenvalue weighted by atomic mass is 9.95. The van der Waals surface area contributed by atoms with Crippen LogP contribution in [0, 0.1) is 0 Å². The molecule has 0 aliphatic carbocycles. The zero-order chi connectivity index (χ0) is 23.2. The maximum atomic E-state index is 13.1. The number of aryl methyl sites for hydroxylation is 2. The molecule has 1 unspecified atom stereocenters. The first-order valence-corrected chi connectivity index (χ1v) is 11.6. The highest BCUT2D eigenvalue weighted by Gasteiger charge is 2.26. The van der Waals surface area contributed by atoms with Gasteiger partial charge < -0.3 is 19.4 Å². The number of nitrogens with one attached hydrogen (secondary N) is 1. The number of benzene rings is 2. The predicted octanol–water partition coefficient (Wildman–Crippen LogP) is 3.89. The summed E-state index contributed by atoms with van der Waals surface area (Å²) in [5.74, 6) is 2.13. The molecule has 2 heterocycles. The third-order valence-corrected chi connectivity index (χ3v) is 6.40. The minimum atomic E-state index is -0.159. The van der Waals surface area contributed by atoms with Crippen LogP contribution < -0.4 is 15.0 Å². The lowest BCUT2D eigenvalue weighted by molar-refractivity contribution is -0.135. The summed E-state index contributed by atoms with van der Waals surface area (Å²) in [7, 11) is 3.27. The number of carbonyl (C=O) groups is 1. The van der Waals surface area contributed by atoms with E-state index in [0.29, 0.717) is 29.6 Å². The average Bonchev–Trinajstić information content (AvgIpc) is 2.86. The molecule has 3 aromatic rings. The minimum Gasteiger partial charge on any atom is -0.493 e. The number of H-pyrrole nitrogens is 1. The molecular formula is C26H31N3O4. The van der Waals surface area contributed by atoms with Crippen molar-refractivity contribution >= 4 is 16.8 Å². The van der Waals surface area contributed by atoms with Gasteiger partial charge in [-0.25, -0.2) is 4.98 Å². The average molecular weight is 450 g/mol. The van der Waals surface area contributed by atoms with Crippen molar-refractivity contribution < 1.29 is 14.3 Å². The van der Waals surface area contributed by atoms with Gasteiger partial charge in [-0.15, -0.1) is 0 Å². The number of hydrogen-bond donors (Lipinski definition) is 1. The summed E-state index contributed by atoms with van der Waals surface area (Å²) in [4.78, 5) is 34.8. The van der Waals surface area contributed by atoms with Gasteiger partial charge in [-0.05, 0) is 61.9 Å². The van der Waals surface area contributed by atoms with Gasteiger partial charge in [-0.2, -0.15) is 0 Å². The van der Waals surface area contributed by atoms with Crippen molar-refractivity contribution in [2.45, 2.75) is 51.0 Å². The fourth-order valence-electron chi connectivity index (χ4n) is 4.62. The second-order valence-electron chi connectivity index (χ2n) is 8.49. The summed E-state index contributed by atoms with van der Waals surface area (Å²) in [5, 5.41) is 0.568. The van der Waals surface area contributed by atoms with Crippen molar-refractivity contribution in [2.24, 2.45) is 0 Å². The monoisotopic (exact) mass is 449 g/mol.